The average Bonchev–Trinajstić information content (AvgIpc) is 2.85. The number of carbonyl (C=O) groups excluding carboxylic acids is 2. The lowest BCUT2D eigenvalue weighted by Gasteiger charge is -2.16. The number of rotatable bonds is 2. The highest BCUT2D eigenvalue weighted by atomic mass is 16.6. The summed E-state index contributed by atoms with van der Waals surface area (Å²) in [5, 5.41) is 9.55. The number of fused-ring (bicyclic) bond motifs is 1. The number of nitrogens with zero attached hydrogens (tertiary/aromatic N) is 2. The molecule has 0 aromatic heterocycles. The standard InChI is InChI=1S/C13H12N2O4/c1-14-9-6-8(2-3-10(9)19-13(14)18)7-15-11(16)4-5-12(15)17/h2-6,13,18H,7H2,1H3. The van der Waals surface area contributed by atoms with Crippen molar-refractivity contribution in [3.63, 3.8) is 0 Å². The molecule has 1 unspecified atom stereocenters. The molecule has 0 saturated heterocycles. The van der Waals surface area contributed by atoms with Crippen LogP contribution in [0, 0.1) is 0 Å². The number of amides is 2. The SMILES string of the molecule is CN1c2cc(CN3C(=O)C=CC3=O)ccc2OC1O. The van der Waals surface area contributed by atoms with Gasteiger partial charge in [-0.15, -0.1) is 0 Å². The van der Waals surface area contributed by atoms with Crippen molar-refractivity contribution in [3.05, 3.63) is 35.9 Å². The number of hydrogen-bond donors (Lipinski definition) is 1. The number of benzene rings is 1. The van der Waals surface area contributed by atoms with Crippen LogP contribution in [0.4, 0.5) is 5.69 Å². The van der Waals surface area contributed by atoms with Gasteiger partial charge in [0.1, 0.15) is 5.75 Å². The Balaban J connectivity index is 1.84. The molecule has 98 valence electrons. The van der Waals surface area contributed by atoms with Gasteiger partial charge in [-0.25, -0.2) is 0 Å². The maximum Gasteiger partial charge on any atom is 0.281 e. The molecular formula is C13H12N2O4. The van der Waals surface area contributed by atoms with E-state index in [1.54, 1.807) is 30.1 Å². The molecule has 1 atom stereocenters. The topological polar surface area (TPSA) is 70.1 Å². The fourth-order valence-corrected chi connectivity index (χ4v) is 2.12. The summed E-state index contributed by atoms with van der Waals surface area (Å²) in [5.41, 5.74) is 1.53. The average molecular weight is 260 g/mol. The summed E-state index contributed by atoms with van der Waals surface area (Å²) in [6, 6.07) is 5.28. The first-order chi connectivity index (χ1) is 9.06. The zero-order chi connectivity index (χ0) is 13.6. The van der Waals surface area contributed by atoms with Gasteiger partial charge in [0.2, 0.25) is 0 Å². The predicted molar refractivity (Wildman–Crippen MR) is 66.2 cm³/mol. The molecule has 0 radical (unpaired) electrons. The van der Waals surface area contributed by atoms with Gasteiger partial charge in [-0.3, -0.25) is 14.5 Å². The Hall–Kier alpha value is -2.34. The summed E-state index contributed by atoms with van der Waals surface area (Å²) in [7, 11) is 1.70. The van der Waals surface area contributed by atoms with Crippen molar-refractivity contribution < 1.29 is 19.4 Å². The molecule has 0 aliphatic carbocycles. The lowest BCUT2D eigenvalue weighted by atomic mass is 10.1. The van der Waals surface area contributed by atoms with Crippen molar-refractivity contribution in [2.24, 2.45) is 0 Å². The molecule has 3 rings (SSSR count). The minimum atomic E-state index is -0.998. The predicted octanol–water partition coefficient (Wildman–Crippen LogP) is 0.216. The lowest BCUT2D eigenvalue weighted by Crippen LogP contribution is -2.30. The zero-order valence-electron chi connectivity index (χ0n) is 10.2. The van der Waals surface area contributed by atoms with E-state index >= 15 is 0 Å². The smallest absolute Gasteiger partial charge is 0.281 e. The van der Waals surface area contributed by atoms with Gasteiger partial charge in [0, 0.05) is 19.2 Å². The first-order valence-corrected chi connectivity index (χ1v) is 5.80. The fraction of sp³-hybridized carbons (Fsp3) is 0.231. The van der Waals surface area contributed by atoms with E-state index in [0.717, 1.165) is 16.2 Å². The van der Waals surface area contributed by atoms with Crippen LogP contribution < -0.4 is 9.64 Å². The Labute approximate surface area is 109 Å². The molecule has 6 nitrogen and oxygen atoms in total. The fourth-order valence-electron chi connectivity index (χ4n) is 2.12. The summed E-state index contributed by atoms with van der Waals surface area (Å²) < 4.78 is 5.21. The molecule has 2 amide bonds. The van der Waals surface area contributed by atoms with Gasteiger partial charge in [0.25, 0.3) is 18.2 Å². The van der Waals surface area contributed by atoms with Crippen molar-refractivity contribution >= 4 is 17.5 Å². The second-order valence-corrected chi connectivity index (χ2v) is 4.45. The summed E-state index contributed by atoms with van der Waals surface area (Å²) in [4.78, 5) is 25.7. The number of aliphatic hydroxyl groups excluding tert-OH is 1. The highest BCUT2D eigenvalue weighted by molar-refractivity contribution is 6.12. The molecule has 0 fully saturated rings. The van der Waals surface area contributed by atoms with Gasteiger partial charge in [0.15, 0.2) is 0 Å². The maximum absolute atomic E-state index is 11.5. The molecule has 2 aliphatic heterocycles. The van der Waals surface area contributed by atoms with Gasteiger partial charge in [-0.2, -0.15) is 0 Å². The minimum Gasteiger partial charge on any atom is -0.445 e. The van der Waals surface area contributed by atoms with E-state index in [-0.39, 0.29) is 18.4 Å². The van der Waals surface area contributed by atoms with E-state index in [2.05, 4.69) is 0 Å². The third-order valence-corrected chi connectivity index (χ3v) is 3.21. The van der Waals surface area contributed by atoms with Crippen LogP contribution in [0.3, 0.4) is 0 Å². The Morgan fingerprint density at radius 1 is 1.26 bits per heavy atom. The Morgan fingerprint density at radius 3 is 2.63 bits per heavy atom. The van der Waals surface area contributed by atoms with E-state index in [0.29, 0.717) is 5.75 Å². The third kappa shape index (κ3) is 1.86. The first-order valence-electron chi connectivity index (χ1n) is 5.80. The number of anilines is 1. The van der Waals surface area contributed by atoms with E-state index in [4.69, 9.17) is 4.74 Å². The molecule has 1 N–H and O–H groups in total. The van der Waals surface area contributed by atoms with Crippen molar-refractivity contribution in [1.82, 2.24) is 4.90 Å². The summed E-state index contributed by atoms with van der Waals surface area (Å²) in [5.74, 6) is -0.0405. The molecule has 1 aromatic carbocycles. The molecule has 1 aromatic rings. The molecule has 2 aliphatic rings. The Bertz CT molecular complexity index is 578. The number of carbonyl (C=O) groups is 2. The second-order valence-electron chi connectivity index (χ2n) is 4.45. The number of imide groups is 1. The van der Waals surface area contributed by atoms with Crippen LogP contribution in [0.5, 0.6) is 5.75 Å². The zero-order valence-corrected chi connectivity index (χ0v) is 10.2. The molecule has 0 saturated carbocycles. The number of hydrogen-bond acceptors (Lipinski definition) is 5. The van der Waals surface area contributed by atoms with E-state index in [1.165, 1.54) is 12.2 Å². The van der Waals surface area contributed by atoms with Gasteiger partial charge in [-0.05, 0) is 17.7 Å². The normalized spacial score (nSPS) is 21.1. The molecule has 19 heavy (non-hydrogen) atoms. The van der Waals surface area contributed by atoms with Crippen LogP contribution in [0.15, 0.2) is 30.4 Å². The second kappa shape index (κ2) is 4.10. The van der Waals surface area contributed by atoms with E-state index < -0.39 is 6.41 Å². The summed E-state index contributed by atoms with van der Waals surface area (Å²) in [6.07, 6.45) is 1.52. The van der Waals surface area contributed by atoms with Crippen molar-refractivity contribution in [1.29, 1.82) is 0 Å². The van der Waals surface area contributed by atoms with Gasteiger partial charge >= 0.3 is 0 Å². The highest BCUT2D eigenvalue weighted by Gasteiger charge is 2.28. The Morgan fingerprint density at radius 2 is 1.95 bits per heavy atom. The maximum atomic E-state index is 11.5. The minimum absolute atomic E-state index is 0.210. The monoisotopic (exact) mass is 260 g/mol. The Kier molecular flexibility index (Phi) is 2.53. The molecule has 0 bridgehead atoms. The van der Waals surface area contributed by atoms with Crippen LogP contribution >= 0.6 is 0 Å². The molecule has 6 heteroatoms. The van der Waals surface area contributed by atoms with Gasteiger partial charge < -0.3 is 14.7 Å². The molecule has 2 heterocycles. The first kappa shape index (κ1) is 11.7. The van der Waals surface area contributed by atoms with Crippen molar-refractivity contribution in [2.75, 3.05) is 11.9 Å². The van der Waals surface area contributed by atoms with E-state index in [9.17, 15) is 14.7 Å². The van der Waals surface area contributed by atoms with Crippen LogP contribution in [-0.2, 0) is 16.1 Å². The third-order valence-electron chi connectivity index (χ3n) is 3.21. The lowest BCUT2D eigenvalue weighted by molar-refractivity contribution is -0.137. The van der Waals surface area contributed by atoms with Crippen LogP contribution in [0.1, 0.15) is 5.56 Å². The van der Waals surface area contributed by atoms with Crippen molar-refractivity contribution in [2.45, 2.75) is 13.0 Å². The number of aliphatic hydroxyl groups is 1. The molecular weight excluding hydrogens is 248 g/mol. The van der Waals surface area contributed by atoms with Crippen LogP contribution in [-0.4, -0.2) is 35.3 Å². The van der Waals surface area contributed by atoms with Gasteiger partial charge in [-0.1, -0.05) is 6.07 Å². The summed E-state index contributed by atoms with van der Waals surface area (Å²) >= 11 is 0. The summed E-state index contributed by atoms with van der Waals surface area (Å²) in [6.45, 7) is 0.210. The number of ether oxygens (including phenoxy) is 1. The van der Waals surface area contributed by atoms with Crippen LogP contribution in [0.25, 0.3) is 0 Å². The molecule has 0 spiro atoms. The van der Waals surface area contributed by atoms with Crippen molar-refractivity contribution in [3.8, 4) is 5.75 Å². The van der Waals surface area contributed by atoms with Crippen LogP contribution in [0.2, 0.25) is 0 Å². The van der Waals surface area contributed by atoms with E-state index in [1.807, 2.05) is 0 Å². The highest BCUT2D eigenvalue weighted by Crippen LogP contribution is 2.36. The van der Waals surface area contributed by atoms with Gasteiger partial charge in [0.05, 0.1) is 12.2 Å². The quantitative estimate of drug-likeness (QED) is 0.770. The largest absolute Gasteiger partial charge is 0.445 e.